The van der Waals surface area contributed by atoms with E-state index in [-0.39, 0.29) is 12.5 Å². The summed E-state index contributed by atoms with van der Waals surface area (Å²) in [7, 11) is 0. The normalized spacial score (nSPS) is 10.2. The minimum absolute atomic E-state index is 0.110. The fraction of sp³-hybridized carbons (Fsp3) is 0.176. The molecule has 2 amide bonds. The summed E-state index contributed by atoms with van der Waals surface area (Å²) < 4.78 is 5.20. The highest BCUT2D eigenvalue weighted by molar-refractivity contribution is 7.99. The number of hydrogen-bond donors (Lipinski definition) is 2. The van der Waals surface area contributed by atoms with Crippen molar-refractivity contribution in [2.75, 3.05) is 17.7 Å². The molecule has 3 N–H and O–H groups in total. The van der Waals surface area contributed by atoms with Crippen LogP contribution in [0.15, 0.2) is 48.5 Å². The van der Waals surface area contributed by atoms with Crippen LogP contribution in [-0.2, 0) is 15.3 Å². The molecule has 0 saturated heterocycles. The van der Waals surface area contributed by atoms with Gasteiger partial charge in [0.15, 0.2) is 6.61 Å². The summed E-state index contributed by atoms with van der Waals surface area (Å²) in [5, 5.41) is 3.48. The van der Waals surface area contributed by atoms with Gasteiger partial charge in [0.05, 0.1) is 5.75 Å². The fourth-order valence-corrected chi connectivity index (χ4v) is 2.77. The van der Waals surface area contributed by atoms with Crippen molar-refractivity contribution in [3.05, 3.63) is 59.1 Å². The number of carbonyl (C=O) groups is 2. The second-order valence-electron chi connectivity index (χ2n) is 4.95. The van der Waals surface area contributed by atoms with E-state index < -0.39 is 5.91 Å². The van der Waals surface area contributed by atoms with Gasteiger partial charge in [0.25, 0.3) is 5.91 Å². The Hall–Kier alpha value is -2.18. The van der Waals surface area contributed by atoms with Gasteiger partial charge in [-0.15, -0.1) is 11.8 Å². The molecule has 0 radical (unpaired) electrons. The Morgan fingerprint density at radius 2 is 1.92 bits per heavy atom. The van der Waals surface area contributed by atoms with Gasteiger partial charge in [-0.25, -0.2) is 0 Å². The van der Waals surface area contributed by atoms with Crippen molar-refractivity contribution >= 4 is 40.9 Å². The number of rotatable bonds is 8. The molecule has 2 aromatic rings. The highest BCUT2D eigenvalue weighted by Gasteiger charge is 2.05. The summed E-state index contributed by atoms with van der Waals surface area (Å²) in [5.41, 5.74) is 6.74. The third-order valence-corrected chi connectivity index (χ3v) is 4.17. The van der Waals surface area contributed by atoms with E-state index in [2.05, 4.69) is 5.32 Å². The largest absolute Gasteiger partial charge is 0.484 e. The maximum atomic E-state index is 12.0. The van der Waals surface area contributed by atoms with Crippen molar-refractivity contribution < 1.29 is 14.3 Å². The molecule has 0 saturated carbocycles. The number of primary amides is 1. The Morgan fingerprint density at radius 3 is 2.62 bits per heavy atom. The zero-order valence-electron chi connectivity index (χ0n) is 12.8. The van der Waals surface area contributed by atoms with Gasteiger partial charge in [-0.3, -0.25) is 9.59 Å². The number of carbonyl (C=O) groups excluding carboxylic acids is 2. The van der Waals surface area contributed by atoms with Crippen molar-refractivity contribution in [2.45, 2.75) is 5.75 Å². The lowest BCUT2D eigenvalue weighted by Crippen LogP contribution is -2.20. The van der Waals surface area contributed by atoms with Crippen LogP contribution in [0.3, 0.4) is 0 Å². The highest BCUT2D eigenvalue weighted by atomic mass is 35.5. The Kier molecular flexibility index (Phi) is 6.96. The van der Waals surface area contributed by atoms with Crippen LogP contribution in [0.2, 0.25) is 5.02 Å². The second-order valence-corrected chi connectivity index (χ2v) is 6.37. The van der Waals surface area contributed by atoms with E-state index in [1.165, 1.54) is 11.8 Å². The molecule has 0 heterocycles. The number of nitrogens with two attached hydrogens (primary N) is 1. The molecule has 0 spiro atoms. The van der Waals surface area contributed by atoms with Crippen molar-refractivity contribution in [2.24, 2.45) is 5.73 Å². The summed E-state index contributed by atoms with van der Waals surface area (Å²) in [6.45, 7) is -0.200. The fourth-order valence-electron chi connectivity index (χ4n) is 1.86. The Balaban J connectivity index is 1.78. The molecule has 24 heavy (non-hydrogen) atoms. The minimum Gasteiger partial charge on any atom is -0.484 e. The first kappa shape index (κ1) is 18.2. The van der Waals surface area contributed by atoms with E-state index in [0.717, 1.165) is 11.3 Å². The van der Waals surface area contributed by atoms with Crippen LogP contribution in [0.25, 0.3) is 0 Å². The van der Waals surface area contributed by atoms with E-state index in [9.17, 15) is 9.59 Å². The summed E-state index contributed by atoms with van der Waals surface area (Å²) in [6.07, 6.45) is 0. The van der Waals surface area contributed by atoms with Gasteiger partial charge in [0.2, 0.25) is 5.91 Å². The van der Waals surface area contributed by atoms with Crippen LogP contribution >= 0.6 is 23.4 Å². The molecule has 126 valence electrons. The first-order valence-corrected chi connectivity index (χ1v) is 8.69. The summed E-state index contributed by atoms with van der Waals surface area (Å²) in [4.78, 5) is 22.7. The van der Waals surface area contributed by atoms with Gasteiger partial charge < -0.3 is 15.8 Å². The standard InChI is InChI=1S/C17H17ClN2O3S/c18-13-6-4-12(5-7-13)10-24-11-17(22)20-14-2-1-3-15(8-14)23-9-16(19)21/h1-8H,9-11H2,(H2,19,21)(H,20,22). The van der Waals surface area contributed by atoms with Crippen LogP contribution < -0.4 is 15.8 Å². The lowest BCUT2D eigenvalue weighted by molar-refractivity contribution is -0.120. The molecule has 0 aliphatic rings. The van der Waals surface area contributed by atoms with Crippen LogP contribution in [-0.4, -0.2) is 24.2 Å². The molecule has 2 aromatic carbocycles. The molecule has 7 heteroatoms. The molecular weight excluding hydrogens is 348 g/mol. The minimum atomic E-state index is -0.553. The molecule has 0 unspecified atom stereocenters. The van der Waals surface area contributed by atoms with Gasteiger partial charge >= 0.3 is 0 Å². The number of benzene rings is 2. The molecule has 0 aliphatic heterocycles. The second kappa shape index (κ2) is 9.20. The van der Waals surface area contributed by atoms with Gasteiger partial charge in [-0.2, -0.15) is 0 Å². The van der Waals surface area contributed by atoms with E-state index in [1.54, 1.807) is 24.3 Å². The highest BCUT2D eigenvalue weighted by Crippen LogP contribution is 2.19. The molecule has 0 atom stereocenters. The van der Waals surface area contributed by atoms with E-state index in [0.29, 0.717) is 22.2 Å². The van der Waals surface area contributed by atoms with Crippen molar-refractivity contribution in [3.8, 4) is 5.75 Å². The molecule has 0 fully saturated rings. The lowest BCUT2D eigenvalue weighted by atomic mass is 10.2. The Morgan fingerprint density at radius 1 is 1.17 bits per heavy atom. The number of thioether (sulfide) groups is 1. The summed E-state index contributed by atoms with van der Waals surface area (Å²) in [6, 6.07) is 14.3. The van der Waals surface area contributed by atoms with E-state index in [1.807, 2.05) is 24.3 Å². The molecular formula is C17H17ClN2O3S. The Bertz CT molecular complexity index is 707. The number of amides is 2. The monoisotopic (exact) mass is 364 g/mol. The average Bonchev–Trinajstić information content (AvgIpc) is 2.55. The number of nitrogens with one attached hydrogen (secondary N) is 1. The van der Waals surface area contributed by atoms with Gasteiger partial charge in [0, 0.05) is 22.5 Å². The summed E-state index contributed by atoms with van der Waals surface area (Å²) >= 11 is 7.34. The zero-order valence-corrected chi connectivity index (χ0v) is 14.4. The number of halogens is 1. The number of hydrogen-bond acceptors (Lipinski definition) is 4. The first-order valence-electron chi connectivity index (χ1n) is 7.16. The predicted octanol–water partition coefficient (Wildman–Crippen LogP) is 3.08. The van der Waals surface area contributed by atoms with Gasteiger partial charge in [-0.05, 0) is 29.8 Å². The molecule has 0 aliphatic carbocycles. The topological polar surface area (TPSA) is 81.4 Å². The van der Waals surface area contributed by atoms with E-state index in [4.69, 9.17) is 22.1 Å². The molecule has 0 aromatic heterocycles. The van der Waals surface area contributed by atoms with Gasteiger partial charge in [-0.1, -0.05) is 29.8 Å². The van der Waals surface area contributed by atoms with Crippen LogP contribution in [0, 0.1) is 0 Å². The lowest BCUT2D eigenvalue weighted by Gasteiger charge is -2.08. The Labute approximate surface area is 149 Å². The maximum Gasteiger partial charge on any atom is 0.255 e. The smallest absolute Gasteiger partial charge is 0.255 e. The van der Waals surface area contributed by atoms with Crippen LogP contribution in [0.4, 0.5) is 5.69 Å². The average molecular weight is 365 g/mol. The predicted molar refractivity (Wildman–Crippen MR) is 97.4 cm³/mol. The third kappa shape index (κ3) is 6.52. The number of anilines is 1. The molecule has 5 nitrogen and oxygen atoms in total. The van der Waals surface area contributed by atoms with Crippen molar-refractivity contribution in [1.82, 2.24) is 0 Å². The zero-order chi connectivity index (χ0) is 17.4. The van der Waals surface area contributed by atoms with Crippen LogP contribution in [0.1, 0.15) is 5.56 Å². The molecule has 2 rings (SSSR count). The van der Waals surface area contributed by atoms with Crippen molar-refractivity contribution in [3.63, 3.8) is 0 Å². The van der Waals surface area contributed by atoms with Crippen molar-refractivity contribution in [1.29, 1.82) is 0 Å². The third-order valence-electron chi connectivity index (χ3n) is 2.91. The van der Waals surface area contributed by atoms with Crippen LogP contribution in [0.5, 0.6) is 5.75 Å². The van der Waals surface area contributed by atoms with E-state index >= 15 is 0 Å². The maximum absolute atomic E-state index is 12.0. The summed E-state index contributed by atoms with van der Waals surface area (Å²) in [5.74, 6) is 0.867. The molecule has 0 bridgehead atoms. The SMILES string of the molecule is NC(=O)COc1cccc(NC(=O)CSCc2ccc(Cl)cc2)c1. The number of ether oxygens (including phenoxy) is 1. The first-order chi connectivity index (χ1) is 11.5. The van der Waals surface area contributed by atoms with Gasteiger partial charge in [0.1, 0.15) is 5.75 Å². The quantitative estimate of drug-likeness (QED) is 0.754.